The summed E-state index contributed by atoms with van der Waals surface area (Å²) in [5.41, 5.74) is 0.456. The first kappa shape index (κ1) is 10.8. The summed E-state index contributed by atoms with van der Waals surface area (Å²) in [6, 6.07) is 0. The van der Waals surface area contributed by atoms with Crippen LogP contribution in [0, 0.1) is 40.9 Å². The Hall–Kier alpha value is -0.330. The third kappa shape index (κ3) is 1.21. The Labute approximate surface area is 99.0 Å². The summed E-state index contributed by atoms with van der Waals surface area (Å²) in [5, 5.41) is 0. The number of carbonyl (C=O) groups is 1. The summed E-state index contributed by atoms with van der Waals surface area (Å²) in [7, 11) is 0. The molecule has 90 valence electrons. The summed E-state index contributed by atoms with van der Waals surface area (Å²) in [6.45, 7) is 9.37. The number of ketones is 1. The van der Waals surface area contributed by atoms with E-state index in [4.69, 9.17) is 0 Å². The van der Waals surface area contributed by atoms with Crippen LogP contribution in [0.1, 0.15) is 47.0 Å². The van der Waals surface area contributed by atoms with Crippen LogP contribution in [0.5, 0.6) is 0 Å². The molecule has 0 spiro atoms. The Bertz CT molecular complexity index is 330. The summed E-state index contributed by atoms with van der Waals surface area (Å²) >= 11 is 0. The lowest BCUT2D eigenvalue weighted by Gasteiger charge is -2.27. The minimum absolute atomic E-state index is 0.346. The number of hydrogen-bond donors (Lipinski definition) is 0. The van der Waals surface area contributed by atoms with Crippen LogP contribution in [0.3, 0.4) is 0 Å². The maximum Gasteiger partial charge on any atom is 0.136 e. The molecule has 1 nitrogen and oxygen atoms in total. The molecule has 1 heteroatoms. The molecule has 0 heterocycles. The molecule has 0 radical (unpaired) electrons. The summed E-state index contributed by atoms with van der Waals surface area (Å²) in [5.74, 6) is 4.87. The molecule has 0 bridgehead atoms. The highest BCUT2D eigenvalue weighted by Gasteiger charge is 2.66. The number of hydrogen-bond acceptors (Lipinski definition) is 1. The van der Waals surface area contributed by atoms with Crippen molar-refractivity contribution in [1.82, 2.24) is 0 Å². The molecule has 0 amide bonds. The minimum Gasteiger partial charge on any atom is -0.299 e. The van der Waals surface area contributed by atoms with E-state index in [2.05, 4.69) is 27.7 Å². The molecule has 3 aliphatic carbocycles. The number of Topliss-reactive ketones (excluding diaryl/α,β-unsaturated/α-hetero) is 1. The Kier molecular flexibility index (Phi) is 2.10. The second kappa shape index (κ2) is 3.11. The predicted octanol–water partition coefficient (Wildman–Crippen LogP) is 3.53. The Morgan fingerprint density at radius 1 is 1.19 bits per heavy atom. The molecule has 0 aromatic carbocycles. The van der Waals surface area contributed by atoms with Gasteiger partial charge in [-0.05, 0) is 41.4 Å². The second-order valence-corrected chi connectivity index (χ2v) is 7.21. The fourth-order valence-corrected chi connectivity index (χ4v) is 5.05. The molecule has 0 N–H and O–H groups in total. The fraction of sp³-hybridized carbons (Fsp3) is 0.933. The molecule has 3 saturated carbocycles. The molecule has 3 rings (SSSR count). The third-order valence-electron chi connectivity index (χ3n) is 6.23. The molecule has 16 heavy (non-hydrogen) atoms. The van der Waals surface area contributed by atoms with Crippen molar-refractivity contribution in [1.29, 1.82) is 0 Å². The zero-order valence-corrected chi connectivity index (χ0v) is 11.0. The second-order valence-electron chi connectivity index (χ2n) is 7.21. The van der Waals surface area contributed by atoms with E-state index in [0.717, 1.165) is 24.2 Å². The van der Waals surface area contributed by atoms with Gasteiger partial charge in [0.1, 0.15) is 5.78 Å². The van der Waals surface area contributed by atoms with Gasteiger partial charge in [-0.2, -0.15) is 0 Å². The van der Waals surface area contributed by atoms with E-state index < -0.39 is 0 Å². The first-order valence-electron chi connectivity index (χ1n) is 6.97. The van der Waals surface area contributed by atoms with Gasteiger partial charge in [-0.3, -0.25) is 4.79 Å². The quantitative estimate of drug-likeness (QED) is 0.610. The summed E-state index contributed by atoms with van der Waals surface area (Å²) in [6.07, 6.45) is 3.53. The minimum atomic E-state index is 0.346. The van der Waals surface area contributed by atoms with E-state index in [0.29, 0.717) is 29.0 Å². The van der Waals surface area contributed by atoms with Crippen molar-refractivity contribution in [3.63, 3.8) is 0 Å². The van der Waals surface area contributed by atoms with E-state index in [-0.39, 0.29) is 0 Å². The SMILES string of the molecule is C[C@@H]1CC[C@@H]2[C@H]1[C@H]1[C@@H](CC(=O)[C@@H]2C)C1(C)C. The highest BCUT2D eigenvalue weighted by Crippen LogP contribution is 2.70. The van der Waals surface area contributed by atoms with Crippen LogP contribution in [-0.4, -0.2) is 5.78 Å². The lowest BCUT2D eigenvalue weighted by molar-refractivity contribution is -0.124. The van der Waals surface area contributed by atoms with Crippen LogP contribution in [0.25, 0.3) is 0 Å². The van der Waals surface area contributed by atoms with Crippen LogP contribution in [0.15, 0.2) is 0 Å². The van der Waals surface area contributed by atoms with E-state index in [9.17, 15) is 4.79 Å². The van der Waals surface area contributed by atoms with Crippen LogP contribution >= 0.6 is 0 Å². The molecule has 0 aliphatic heterocycles. The summed E-state index contributed by atoms with van der Waals surface area (Å²) < 4.78 is 0. The third-order valence-corrected chi connectivity index (χ3v) is 6.23. The van der Waals surface area contributed by atoms with Crippen molar-refractivity contribution in [2.75, 3.05) is 0 Å². The zero-order chi connectivity index (χ0) is 11.7. The maximum absolute atomic E-state index is 12.2. The van der Waals surface area contributed by atoms with Gasteiger partial charge in [-0.25, -0.2) is 0 Å². The topological polar surface area (TPSA) is 17.1 Å². The standard InChI is InChI=1S/C15H24O/c1-8-5-6-10-9(2)12(16)7-11-14(13(8)10)15(11,3)4/h8-11,13-14H,5-7H2,1-4H3/t8-,9-,10+,11-,13+,14-/m1/s1. The van der Waals surface area contributed by atoms with Gasteiger partial charge in [-0.15, -0.1) is 0 Å². The van der Waals surface area contributed by atoms with Gasteiger partial charge in [0, 0.05) is 12.3 Å². The molecule has 6 atom stereocenters. The van der Waals surface area contributed by atoms with Crippen LogP contribution in [0.2, 0.25) is 0 Å². The molecular formula is C15H24O. The van der Waals surface area contributed by atoms with Crippen LogP contribution < -0.4 is 0 Å². The Morgan fingerprint density at radius 3 is 2.56 bits per heavy atom. The van der Waals surface area contributed by atoms with Gasteiger partial charge in [0.2, 0.25) is 0 Å². The van der Waals surface area contributed by atoms with Gasteiger partial charge in [0.25, 0.3) is 0 Å². The zero-order valence-electron chi connectivity index (χ0n) is 11.0. The number of rotatable bonds is 0. The van der Waals surface area contributed by atoms with Crippen molar-refractivity contribution >= 4 is 5.78 Å². The van der Waals surface area contributed by atoms with Crippen LogP contribution in [-0.2, 0) is 4.79 Å². The van der Waals surface area contributed by atoms with Gasteiger partial charge in [0.05, 0.1) is 0 Å². The first-order valence-corrected chi connectivity index (χ1v) is 6.97. The normalized spacial score (nSPS) is 54.1. The molecular weight excluding hydrogens is 196 g/mol. The summed E-state index contributed by atoms with van der Waals surface area (Å²) in [4.78, 5) is 12.2. The molecule has 3 aliphatic rings. The molecule has 0 aromatic rings. The predicted molar refractivity (Wildman–Crippen MR) is 64.9 cm³/mol. The maximum atomic E-state index is 12.2. The van der Waals surface area contributed by atoms with E-state index in [1.807, 2.05) is 0 Å². The largest absolute Gasteiger partial charge is 0.299 e. The molecule has 3 fully saturated rings. The van der Waals surface area contributed by atoms with Crippen molar-refractivity contribution in [3.05, 3.63) is 0 Å². The van der Waals surface area contributed by atoms with Crippen LogP contribution in [0.4, 0.5) is 0 Å². The van der Waals surface area contributed by atoms with Gasteiger partial charge in [0.15, 0.2) is 0 Å². The number of fused-ring (bicyclic) bond motifs is 3. The fourth-order valence-electron chi connectivity index (χ4n) is 5.05. The van der Waals surface area contributed by atoms with Crippen molar-refractivity contribution in [2.24, 2.45) is 40.9 Å². The van der Waals surface area contributed by atoms with Gasteiger partial charge >= 0.3 is 0 Å². The average molecular weight is 220 g/mol. The van der Waals surface area contributed by atoms with Gasteiger partial charge < -0.3 is 0 Å². The molecule has 0 saturated heterocycles. The Morgan fingerprint density at radius 2 is 1.88 bits per heavy atom. The first-order chi connectivity index (χ1) is 7.44. The van der Waals surface area contributed by atoms with Crippen molar-refractivity contribution in [3.8, 4) is 0 Å². The van der Waals surface area contributed by atoms with Crippen molar-refractivity contribution in [2.45, 2.75) is 47.0 Å². The van der Waals surface area contributed by atoms with E-state index in [1.165, 1.54) is 12.8 Å². The Balaban J connectivity index is 1.96. The average Bonchev–Trinajstić information content (AvgIpc) is 2.58. The van der Waals surface area contributed by atoms with E-state index >= 15 is 0 Å². The highest BCUT2D eigenvalue weighted by atomic mass is 16.1. The van der Waals surface area contributed by atoms with Gasteiger partial charge in [-0.1, -0.05) is 34.1 Å². The highest BCUT2D eigenvalue weighted by molar-refractivity contribution is 5.82. The molecule has 0 unspecified atom stereocenters. The smallest absolute Gasteiger partial charge is 0.136 e. The lowest BCUT2D eigenvalue weighted by atomic mass is 9.77. The molecule has 0 aromatic heterocycles. The lowest BCUT2D eigenvalue weighted by Crippen LogP contribution is -2.26. The van der Waals surface area contributed by atoms with E-state index in [1.54, 1.807) is 0 Å². The monoisotopic (exact) mass is 220 g/mol. The number of carbonyl (C=O) groups excluding carboxylic acids is 1. The van der Waals surface area contributed by atoms with Crippen molar-refractivity contribution < 1.29 is 4.79 Å².